The van der Waals surface area contributed by atoms with E-state index in [0.29, 0.717) is 6.79 Å². The summed E-state index contributed by atoms with van der Waals surface area (Å²) in [6.07, 6.45) is 16.1. The molecule has 0 aromatic carbocycles. The second-order valence-electron chi connectivity index (χ2n) is 3.81. The van der Waals surface area contributed by atoms with Gasteiger partial charge in [0.05, 0.1) is 6.61 Å². The average Bonchev–Trinajstić information content (AvgIpc) is 2.31. The Balaban J connectivity index is 3.15. The summed E-state index contributed by atoms with van der Waals surface area (Å²) in [5.74, 6) is 0. The molecule has 0 aliphatic heterocycles. The second-order valence-corrected chi connectivity index (χ2v) is 3.81. The SMILES string of the molecule is CCCCCCC=CC=CCCOCOC. The molecule has 2 nitrogen and oxygen atoms in total. The van der Waals surface area contributed by atoms with Gasteiger partial charge in [-0.15, -0.1) is 0 Å². The Morgan fingerprint density at radius 1 is 0.938 bits per heavy atom. The number of hydrogen-bond donors (Lipinski definition) is 0. The van der Waals surface area contributed by atoms with E-state index in [1.807, 2.05) is 0 Å². The molecule has 0 aliphatic rings. The van der Waals surface area contributed by atoms with Crippen LogP contribution in [0.5, 0.6) is 0 Å². The van der Waals surface area contributed by atoms with Crippen LogP contribution in [0, 0.1) is 0 Å². The van der Waals surface area contributed by atoms with E-state index >= 15 is 0 Å². The molecule has 0 rings (SSSR count). The van der Waals surface area contributed by atoms with E-state index in [1.54, 1.807) is 7.11 Å². The van der Waals surface area contributed by atoms with E-state index in [1.165, 1.54) is 32.1 Å². The highest BCUT2D eigenvalue weighted by Gasteiger charge is 1.83. The molecule has 0 radical (unpaired) electrons. The van der Waals surface area contributed by atoms with Gasteiger partial charge < -0.3 is 9.47 Å². The quantitative estimate of drug-likeness (QED) is 0.300. The minimum atomic E-state index is 0.390. The lowest BCUT2D eigenvalue weighted by Crippen LogP contribution is -1.96. The van der Waals surface area contributed by atoms with Crippen molar-refractivity contribution in [3.8, 4) is 0 Å². The van der Waals surface area contributed by atoms with E-state index in [9.17, 15) is 0 Å². The van der Waals surface area contributed by atoms with Crippen molar-refractivity contribution in [2.24, 2.45) is 0 Å². The van der Waals surface area contributed by atoms with Crippen LogP contribution in [0.25, 0.3) is 0 Å². The fourth-order valence-corrected chi connectivity index (χ4v) is 1.33. The Labute approximate surface area is 100 Å². The van der Waals surface area contributed by atoms with Gasteiger partial charge in [0.2, 0.25) is 0 Å². The molecule has 0 bridgehead atoms. The molecule has 0 saturated heterocycles. The van der Waals surface area contributed by atoms with E-state index in [2.05, 4.69) is 31.2 Å². The zero-order valence-electron chi connectivity index (χ0n) is 10.8. The van der Waals surface area contributed by atoms with E-state index in [0.717, 1.165) is 13.0 Å². The first-order valence-corrected chi connectivity index (χ1v) is 6.30. The van der Waals surface area contributed by atoms with Crippen LogP contribution in [0.15, 0.2) is 24.3 Å². The van der Waals surface area contributed by atoms with Gasteiger partial charge in [0.25, 0.3) is 0 Å². The van der Waals surface area contributed by atoms with Crippen LogP contribution in [0.4, 0.5) is 0 Å². The number of allylic oxidation sites excluding steroid dienone is 3. The summed E-state index contributed by atoms with van der Waals surface area (Å²) in [6, 6.07) is 0. The molecule has 94 valence electrons. The molecular formula is C14H26O2. The van der Waals surface area contributed by atoms with E-state index in [-0.39, 0.29) is 0 Å². The molecule has 0 unspecified atom stereocenters. The van der Waals surface area contributed by atoms with Gasteiger partial charge in [-0.25, -0.2) is 0 Å². The van der Waals surface area contributed by atoms with Gasteiger partial charge in [0, 0.05) is 7.11 Å². The Morgan fingerprint density at radius 2 is 1.69 bits per heavy atom. The third-order valence-corrected chi connectivity index (χ3v) is 2.24. The maximum Gasteiger partial charge on any atom is 0.146 e. The Morgan fingerprint density at radius 3 is 2.38 bits per heavy atom. The maximum absolute atomic E-state index is 5.16. The van der Waals surface area contributed by atoms with Crippen molar-refractivity contribution in [1.29, 1.82) is 0 Å². The van der Waals surface area contributed by atoms with Gasteiger partial charge in [0.1, 0.15) is 6.79 Å². The number of unbranched alkanes of at least 4 members (excludes halogenated alkanes) is 4. The van der Waals surface area contributed by atoms with Crippen molar-refractivity contribution in [3.05, 3.63) is 24.3 Å². The molecular weight excluding hydrogens is 200 g/mol. The Bertz CT molecular complexity index is 154. The predicted molar refractivity (Wildman–Crippen MR) is 69.5 cm³/mol. The predicted octanol–water partition coefficient (Wildman–Crippen LogP) is 4.08. The number of ether oxygens (including phenoxy) is 2. The average molecular weight is 226 g/mol. The van der Waals surface area contributed by atoms with Crippen LogP contribution >= 0.6 is 0 Å². The smallest absolute Gasteiger partial charge is 0.146 e. The fraction of sp³-hybridized carbons (Fsp3) is 0.714. The van der Waals surface area contributed by atoms with Gasteiger partial charge in [-0.05, 0) is 19.3 Å². The molecule has 0 aliphatic carbocycles. The van der Waals surface area contributed by atoms with E-state index < -0.39 is 0 Å². The summed E-state index contributed by atoms with van der Waals surface area (Å²) in [5.41, 5.74) is 0. The lowest BCUT2D eigenvalue weighted by Gasteiger charge is -1.97. The van der Waals surface area contributed by atoms with Crippen molar-refractivity contribution >= 4 is 0 Å². The Hall–Kier alpha value is -0.600. The maximum atomic E-state index is 5.16. The minimum absolute atomic E-state index is 0.390. The lowest BCUT2D eigenvalue weighted by atomic mass is 10.1. The lowest BCUT2D eigenvalue weighted by molar-refractivity contribution is -0.0285. The van der Waals surface area contributed by atoms with Crippen LogP contribution in [0.3, 0.4) is 0 Å². The third-order valence-electron chi connectivity index (χ3n) is 2.24. The van der Waals surface area contributed by atoms with Gasteiger partial charge in [-0.2, -0.15) is 0 Å². The topological polar surface area (TPSA) is 18.5 Å². The van der Waals surface area contributed by atoms with Gasteiger partial charge in [-0.3, -0.25) is 0 Å². The Kier molecular flexibility index (Phi) is 13.9. The first-order chi connectivity index (χ1) is 7.91. The molecule has 16 heavy (non-hydrogen) atoms. The first kappa shape index (κ1) is 15.4. The molecule has 0 saturated carbocycles. The van der Waals surface area contributed by atoms with Crippen LogP contribution in [0.2, 0.25) is 0 Å². The number of hydrogen-bond acceptors (Lipinski definition) is 2. The first-order valence-electron chi connectivity index (χ1n) is 6.30. The van der Waals surface area contributed by atoms with Gasteiger partial charge in [0.15, 0.2) is 0 Å². The van der Waals surface area contributed by atoms with Crippen molar-refractivity contribution in [3.63, 3.8) is 0 Å². The summed E-state index contributed by atoms with van der Waals surface area (Å²) >= 11 is 0. The zero-order valence-corrected chi connectivity index (χ0v) is 10.8. The van der Waals surface area contributed by atoms with Crippen LogP contribution < -0.4 is 0 Å². The van der Waals surface area contributed by atoms with Crippen LogP contribution in [-0.2, 0) is 9.47 Å². The van der Waals surface area contributed by atoms with Crippen LogP contribution in [-0.4, -0.2) is 20.5 Å². The van der Waals surface area contributed by atoms with Crippen molar-refractivity contribution < 1.29 is 9.47 Å². The standard InChI is InChI=1S/C14H26O2/c1-3-4-5-6-7-8-9-10-11-12-13-16-14-15-2/h8-11H,3-7,12-14H2,1-2H3. The third kappa shape index (κ3) is 13.4. The molecule has 0 aromatic rings. The van der Waals surface area contributed by atoms with Crippen molar-refractivity contribution in [2.45, 2.75) is 45.4 Å². The fourth-order valence-electron chi connectivity index (χ4n) is 1.33. The highest BCUT2D eigenvalue weighted by molar-refractivity contribution is 5.02. The second kappa shape index (κ2) is 14.4. The minimum Gasteiger partial charge on any atom is -0.359 e. The van der Waals surface area contributed by atoms with Gasteiger partial charge >= 0.3 is 0 Å². The molecule has 0 spiro atoms. The zero-order chi connectivity index (χ0) is 11.9. The summed E-state index contributed by atoms with van der Waals surface area (Å²) in [5, 5.41) is 0. The highest BCUT2D eigenvalue weighted by Crippen LogP contribution is 2.02. The van der Waals surface area contributed by atoms with Crippen molar-refractivity contribution in [2.75, 3.05) is 20.5 Å². The molecule has 0 N–H and O–H groups in total. The van der Waals surface area contributed by atoms with Gasteiger partial charge in [-0.1, -0.05) is 50.5 Å². The summed E-state index contributed by atoms with van der Waals surface area (Å²) in [4.78, 5) is 0. The highest BCUT2D eigenvalue weighted by atomic mass is 16.7. The molecule has 0 amide bonds. The molecule has 0 atom stereocenters. The number of rotatable bonds is 11. The molecule has 2 heteroatoms. The molecule has 0 heterocycles. The summed E-state index contributed by atoms with van der Waals surface area (Å²) in [7, 11) is 1.64. The monoisotopic (exact) mass is 226 g/mol. The van der Waals surface area contributed by atoms with Crippen molar-refractivity contribution in [1.82, 2.24) is 0 Å². The summed E-state index contributed by atoms with van der Waals surface area (Å²) < 4.78 is 9.93. The summed E-state index contributed by atoms with van der Waals surface area (Å²) in [6.45, 7) is 3.36. The van der Waals surface area contributed by atoms with E-state index in [4.69, 9.17) is 9.47 Å². The largest absolute Gasteiger partial charge is 0.359 e. The van der Waals surface area contributed by atoms with Crippen LogP contribution in [0.1, 0.15) is 45.4 Å². The number of methoxy groups -OCH3 is 1. The normalized spacial score (nSPS) is 11.9. The molecule has 0 fully saturated rings. The molecule has 0 aromatic heterocycles.